The number of nitrogens with one attached hydrogen (secondary N) is 1. The molecule has 1 unspecified atom stereocenters. The average molecular weight is 264 g/mol. The number of anilines is 1. The Hall–Kier alpha value is -1.91. The van der Waals surface area contributed by atoms with Crippen LogP contribution in [0.25, 0.3) is 0 Å². The Labute approximate surface area is 113 Å². The molecule has 5 heteroatoms. The number of nitro benzene ring substituents is 1. The maximum atomic E-state index is 11.9. The highest BCUT2D eigenvalue weighted by Gasteiger charge is 2.22. The molecule has 1 amide bonds. The van der Waals surface area contributed by atoms with Crippen molar-refractivity contribution < 1.29 is 9.72 Å². The molecule has 0 aliphatic rings. The quantitative estimate of drug-likeness (QED) is 0.667. The summed E-state index contributed by atoms with van der Waals surface area (Å²) in [5.74, 6) is 0.106. The summed E-state index contributed by atoms with van der Waals surface area (Å²) in [5.41, 5.74) is 0.488. The van der Waals surface area contributed by atoms with Gasteiger partial charge >= 0.3 is 0 Å². The van der Waals surface area contributed by atoms with Gasteiger partial charge in [-0.1, -0.05) is 33.8 Å². The molecule has 0 aliphatic heterocycles. The lowest BCUT2D eigenvalue weighted by Gasteiger charge is -2.26. The number of nitrogens with zero attached hydrogens (tertiary/aromatic N) is 1. The molecule has 0 fully saturated rings. The van der Waals surface area contributed by atoms with Crippen LogP contribution in [0, 0.1) is 21.4 Å². The van der Waals surface area contributed by atoms with Gasteiger partial charge in [-0.3, -0.25) is 14.9 Å². The summed E-state index contributed by atoms with van der Waals surface area (Å²) in [6, 6.07) is 5.96. The molecule has 0 aliphatic carbocycles. The van der Waals surface area contributed by atoms with Gasteiger partial charge in [0.25, 0.3) is 5.69 Å². The van der Waals surface area contributed by atoms with Crippen LogP contribution in [0.2, 0.25) is 0 Å². The zero-order chi connectivity index (χ0) is 14.6. The highest BCUT2D eigenvalue weighted by Crippen LogP contribution is 2.28. The van der Waals surface area contributed by atoms with Crippen molar-refractivity contribution in [3.63, 3.8) is 0 Å². The summed E-state index contributed by atoms with van der Waals surface area (Å²) in [6.45, 7) is 8.27. The Morgan fingerprint density at radius 3 is 2.58 bits per heavy atom. The molecule has 1 N–H and O–H groups in total. The summed E-state index contributed by atoms with van der Waals surface area (Å²) >= 11 is 0. The molecular formula is C14H20N2O3. The van der Waals surface area contributed by atoms with E-state index >= 15 is 0 Å². The van der Waals surface area contributed by atoms with Gasteiger partial charge in [0.1, 0.15) is 0 Å². The summed E-state index contributed by atoms with van der Waals surface area (Å²) in [4.78, 5) is 22.0. The van der Waals surface area contributed by atoms with Crippen LogP contribution >= 0.6 is 0 Å². The molecule has 1 atom stereocenters. The number of benzene rings is 1. The molecule has 1 rings (SSSR count). The maximum Gasteiger partial charge on any atom is 0.271 e. The van der Waals surface area contributed by atoms with E-state index in [2.05, 4.69) is 26.1 Å². The van der Waals surface area contributed by atoms with Gasteiger partial charge in [0, 0.05) is 24.2 Å². The number of hydrogen-bond acceptors (Lipinski definition) is 3. The van der Waals surface area contributed by atoms with Gasteiger partial charge in [0.15, 0.2) is 0 Å². The molecule has 0 saturated carbocycles. The lowest BCUT2D eigenvalue weighted by atomic mass is 9.80. The Morgan fingerprint density at radius 2 is 2.05 bits per heavy atom. The predicted octanol–water partition coefficient (Wildman–Crippen LogP) is 3.61. The van der Waals surface area contributed by atoms with Gasteiger partial charge in [0.2, 0.25) is 5.91 Å². The van der Waals surface area contributed by atoms with Crippen molar-refractivity contribution in [3.8, 4) is 0 Å². The summed E-state index contributed by atoms with van der Waals surface area (Å²) < 4.78 is 0. The third-order valence-corrected chi connectivity index (χ3v) is 3.31. The average Bonchev–Trinajstić information content (AvgIpc) is 2.27. The van der Waals surface area contributed by atoms with Crippen molar-refractivity contribution in [2.24, 2.45) is 11.3 Å². The number of rotatable bonds is 4. The third kappa shape index (κ3) is 4.69. The second kappa shape index (κ2) is 5.82. The zero-order valence-electron chi connectivity index (χ0n) is 11.8. The Morgan fingerprint density at radius 1 is 1.42 bits per heavy atom. The van der Waals surface area contributed by atoms with E-state index in [1.54, 1.807) is 12.1 Å². The SMILES string of the molecule is CC(CC(=O)Nc1cccc([N+](=O)[O-])c1)C(C)(C)C. The van der Waals surface area contributed by atoms with Crippen molar-refractivity contribution in [2.75, 3.05) is 5.32 Å². The molecule has 0 aromatic heterocycles. The smallest absolute Gasteiger partial charge is 0.271 e. The van der Waals surface area contributed by atoms with Crippen LogP contribution in [-0.2, 0) is 4.79 Å². The van der Waals surface area contributed by atoms with E-state index in [9.17, 15) is 14.9 Å². The predicted molar refractivity (Wildman–Crippen MR) is 75.0 cm³/mol. The van der Waals surface area contributed by atoms with E-state index in [0.717, 1.165) is 0 Å². The van der Waals surface area contributed by atoms with Crippen molar-refractivity contribution in [1.82, 2.24) is 0 Å². The molecular weight excluding hydrogens is 244 g/mol. The van der Waals surface area contributed by atoms with Gasteiger partial charge in [-0.05, 0) is 17.4 Å². The first kappa shape index (κ1) is 15.1. The van der Waals surface area contributed by atoms with Crippen LogP contribution in [0.5, 0.6) is 0 Å². The van der Waals surface area contributed by atoms with Crippen molar-refractivity contribution in [1.29, 1.82) is 0 Å². The van der Waals surface area contributed by atoms with Gasteiger partial charge in [-0.2, -0.15) is 0 Å². The van der Waals surface area contributed by atoms with Gasteiger partial charge in [0.05, 0.1) is 4.92 Å². The molecule has 0 radical (unpaired) electrons. The summed E-state index contributed by atoms with van der Waals surface area (Å²) in [6.07, 6.45) is 0.395. The Balaban J connectivity index is 2.67. The van der Waals surface area contributed by atoms with Crippen LogP contribution in [0.4, 0.5) is 11.4 Å². The maximum absolute atomic E-state index is 11.9. The fraction of sp³-hybridized carbons (Fsp3) is 0.500. The molecule has 0 bridgehead atoms. The summed E-state index contributed by atoms with van der Waals surface area (Å²) in [5, 5.41) is 13.3. The number of hydrogen-bond donors (Lipinski definition) is 1. The fourth-order valence-corrected chi connectivity index (χ4v) is 1.49. The minimum atomic E-state index is -0.479. The van der Waals surface area contributed by atoms with Gasteiger partial charge < -0.3 is 5.32 Å². The van der Waals surface area contributed by atoms with Crippen molar-refractivity contribution in [2.45, 2.75) is 34.1 Å². The second-order valence-electron chi connectivity index (χ2n) is 5.83. The first-order valence-electron chi connectivity index (χ1n) is 6.24. The van der Waals surface area contributed by atoms with Gasteiger partial charge in [-0.25, -0.2) is 0 Å². The van der Waals surface area contributed by atoms with Crippen LogP contribution < -0.4 is 5.32 Å². The third-order valence-electron chi connectivity index (χ3n) is 3.31. The van der Waals surface area contributed by atoms with E-state index in [1.165, 1.54) is 12.1 Å². The van der Waals surface area contributed by atoms with E-state index < -0.39 is 4.92 Å². The molecule has 5 nitrogen and oxygen atoms in total. The molecule has 1 aromatic rings. The van der Waals surface area contributed by atoms with E-state index in [1.807, 2.05) is 6.92 Å². The first-order valence-corrected chi connectivity index (χ1v) is 6.24. The molecule has 0 spiro atoms. The monoisotopic (exact) mass is 264 g/mol. The van der Waals surface area contributed by atoms with Crippen molar-refractivity contribution >= 4 is 17.3 Å². The fourth-order valence-electron chi connectivity index (χ4n) is 1.49. The van der Waals surface area contributed by atoms with E-state index in [4.69, 9.17) is 0 Å². The normalized spacial score (nSPS) is 12.8. The van der Waals surface area contributed by atoms with E-state index in [0.29, 0.717) is 12.1 Å². The minimum Gasteiger partial charge on any atom is -0.326 e. The van der Waals surface area contributed by atoms with Crippen LogP contribution in [0.1, 0.15) is 34.1 Å². The van der Waals surface area contributed by atoms with Gasteiger partial charge in [-0.15, -0.1) is 0 Å². The Bertz CT molecular complexity index is 478. The highest BCUT2D eigenvalue weighted by molar-refractivity contribution is 5.91. The molecule has 0 saturated heterocycles. The summed E-state index contributed by atoms with van der Waals surface area (Å²) in [7, 11) is 0. The highest BCUT2D eigenvalue weighted by atomic mass is 16.6. The number of amides is 1. The molecule has 0 heterocycles. The largest absolute Gasteiger partial charge is 0.326 e. The standard InChI is InChI=1S/C14H20N2O3/c1-10(14(2,3)4)8-13(17)15-11-6-5-7-12(9-11)16(18)19/h5-7,9-10H,8H2,1-4H3,(H,15,17). The number of carbonyl (C=O) groups excluding carboxylic acids is 1. The Kier molecular flexibility index (Phi) is 4.64. The zero-order valence-corrected chi connectivity index (χ0v) is 11.8. The molecule has 104 valence electrons. The molecule has 1 aromatic carbocycles. The van der Waals surface area contributed by atoms with Crippen LogP contribution in [0.15, 0.2) is 24.3 Å². The number of carbonyl (C=O) groups is 1. The number of nitro groups is 1. The lowest BCUT2D eigenvalue weighted by Crippen LogP contribution is -2.23. The van der Waals surface area contributed by atoms with Crippen LogP contribution in [0.3, 0.4) is 0 Å². The topological polar surface area (TPSA) is 72.2 Å². The number of non-ortho nitro benzene ring substituents is 1. The van der Waals surface area contributed by atoms with Crippen molar-refractivity contribution in [3.05, 3.63) is 34.4 Å². The van der Waals surface area contributed by atoms with Crippen LogP contribution in [-0.4, -0.2) is 10.8 Å². The lowest BCUT2D eigenvalue weighted by molar-refractivity contribution is -0.384. The van der Waals surface area contributed by atoms with E-state index in [-0.39, 0.29) is 22.9 Å². The minimum absolute atomic E-state index is 0.0262. The second-order valence-corrected chi connectivity index (χ2v) is 5.83. The first-order chi connectivity index (χ1) is 8.70. The molecule has 19 heavy (non-hydrogen) atoms.